The molecule has 1 atom stereocenters. The molecule has 0 spiro atoms. The molecule has 1 fully saturated rings. The van der Waals surface area contributed by atoms with Crippen molar-refractivity contribution in [3.63, 3.8) is 0 Å². The third-order valence-electron chi connectivity index (χ3n) is 6.93. The summed E-state index contributed by atoms with van der Waals surface area (Å²) >= 11 is 0. The zero-order chi connectivity index (χ0) is 23.9. The van der Waals surface area contributed by atoms with Crippen molar-refractivity contribution in [1.29, 1.82) is 0 Å². The van der Waals surface area contributed by atoms with E-state index in [0.717, 1.165) is 52.7 Å². The molecule has 0 saturated heterocycles. The van der Waals surface area contributed by atoms with Crippen molar-refractivity contribution in [1.82, 2.24) is 4.98 Å². The molecule has 4 nitrogen and oxygen atoms in total. The molecule has 1 aliphatic carbocycles. The van der Waals surface area contributed by atoms with Crippen LogP contribution in [0.1, 0.15) is 75.1 Å². The molecular formula is C30H37NO3. The number of hydrogen-bond acceptors (Lipinski definition) is 4. The molecule has 1 unspecified atom stereocenters. The number of para-hydroxylation sites is 1. The van der Waals surface area contributed by atoms with Gasteiger partial charge in [0.25, 0.3) is 0 Å². The highest BCUT2D eigenvalue weighted by Gasteiger charge is 2.31. The number of carbonyl (C=O) groups excluding carboxylic acids is 1. The lowest BCUT2D eigenvalue weighted by atomic mass is 9.80. The molecular weight excluding hydrogens is 422 g/mol. The highest BCUT2D eigenvalue weighted by atomic mass is 16.5. The van der Waals surface area contributed by atoms with Gasteiger partial charge in [0.15, 0.2) is 0 Å². The van der Waals surface area contributed by atoms with E-state index >= 15 is 0 Å². The lowest BCUT2D eigenvalue weighted by Crippen LogP contribution is -2.23. The first kappa shape index (κ1) is 24.3. The monoisotopic (exact) mass is 459 g/mol. The van der Waals surface area contributed by atoms with Gasteiger partial charge in [-0.05, 0) is 60.4 Å². The van der Waals surface area contributed by atoms with Gasteiger partial charge in [0.2, 0.25) is 0 Å². The molecule has 0 aliphatic heterocycles. The minimum atomic E-state index is -0.204. The van der Waals surface area contributed by atoms with E-state index in [1.807, 2.05) is 30.3 Å². The Bertz CT molecular complexity index is 1100. The molecule has 1 heterocycles. The minimum absolute atomic E-state index is 0.114. The maximum atomic E-state index is 12.9. The van der Waals surface area contributed by atoms with Gasteiger partial charge in [-0.25, -0.2) is 4.98 Å². The van der Waals surface area contributed by atoms with Crippen molar-refractivity contribution in [3.8, 4) is 5.75 Å². The van der Waals surface area contributed by atoms with Gasteiger partial charge in [0, 0.05) is 5.39 Å². The predicted octanol–water partition coefficient (Wildman–Crippen LogP) is 7.24. The van der Waals surface area contributed by atoms with Crippen LogP contribution in [0.3, 0.4) is 0 Å². The van der Waals surface area contributed by atoms with Crippen molar-refractivity contribution >= 4 is 16.9 Å². The summed E-state index contributed by atoms with van der Waals surface area (Å²) in [6.45, 7) is 4.84. The van der Waals surface area contributed by atoms with Crippen LogP contribution in [0, 0.1) is 11.8 Å². The van der Waals surface area contributed by atoms with E-state index in [2.05, 4.69) is 38.1 Å². The number of rotatable bonds is 8. The fourth-order valence-corrected chi connectivity index (χ4v) is 5.25. The first-order valence-electron chi connectivity index (χ1n) is 12.7. The van der Waals surface area contributed by atoms with Crippen LogP contribution in [-0.4, -0.2) is 18.1 Å². The Labute approximate surface area is 203 Å². The van der Waals surface area contributed by atoms with Gasteiger partial charge in [0.05, 0.1) is 24.2 Å². The van der Waals surface area contributed by atoms with E-state index < -0.39 is 0 Å². The van der Waals surface area contributed by atoms with Crippen LogP contribution in [0.25, 0.3) is 10.9 Å². The summed E-state index contributed by atoms with van der Waals surface area (Å²) in [6, 6.07) is 18.5. The molecule has 3 aromatic rings. The second kappa shape index (κ2) is 11.5. The zero-order valence-electron chi connectivity index (χ0n) is 20.8. The van der Waals surface area contributed by atoms with E-state index in [9.17, 15) is 4.79 Å². The Morgan fingerprint density at radius 2 is 1.76 bits per heavy atom. The van der Waals surface area contributed by atoms with Crippen molar-refractivity contribution < 1.29 is 14.3 Å². The quantitative estimate of drug-likeness (QED) is 0.263. The number of ether oxygens (including phenoxy) is 2. The molecule has 0 bridgehead atoms. The summed E-state index contributed by atoms with van der Waals surface area (Å²) < 4.78 is 11.6. The van der Waals surface area contributed by atoms with Gasteiger partial charge in [0.1, 0.15) is 12.4 Å². The number of hydrogen-bond donors (Lipinski definition) is 0. The second-order valence-electron chi connectivity index (χ2n) is 10.0. The van der Waals surface area contributed by atoms with Crippen molar-refractivity contribution in [2.75, 3.05) is 7.11 Å². The molecule has 0 radical (unpaired) electrons. The normalized spacial score (nSPS) is 15.8. The summed E-state index contributed by atoms with van der Waals surface area (Å²) in [5.74, 6) is 1.37. The average Bonchev–Trinajstić information content (AvgIpc) is 3.12. The van der Waals surface area contributed by atoms with Gasteiger partial charge < -0.3 is 9.47 Å². The van der Waals surface area contributed by atoms with E-state index in [-0.39, 0.29) is 11.9 Å². The lowest BCUT2D eigenvalue weighted by Gasteiger charge is -2.25. The van der Waals surface area contributed by atoms with E-state index in [0.29, 0.717) is 18.4 Å². The first-order chi connectivity index (χ1) is 16.5. The Balaban J connectivity index is 1.59. The third kappa shape index (κ3) is 5.97. The summed E-state index contributed by atoms with van der Waals surface area (Å²) in [7, 11) is 1.51. The predicted molar refractivity (Wildman–Crippen MR) is 137 cm³/mol. The minimum Gasteiger partial charge on any atom is -0.487 e. The molecule has 1 aromatic heterocycles. The zero-order valence-corrected chi connectivity index (χ0v) is 20.8. The molecule has 1 aliphatic rings. The van der Waals surface area contributed by atoms with Gasteiger partial charge >= 0.3 is 5.97 Å². The largest absolute Gasteiger partial charge is 0.487 e. The molecule has 2 aromatic carbocycles. The molecule has 0 N–H and O–H groups in total. The van der Waals surface area contributed by atoms with E-state index in [1.165, 1.54) is 32.8 Å². The number of nitrogens with zero attached hydrogens (tertiary/aromatic N) is 1. The van der Waals surface area contributed by atoms with E-state index in [1.54, 1.807) is 0 Å². The van der Waals surface area contributed by atoms with Crippen LogP contribution in [0.15, 0.2) is 54.6 Å². The summed E-state index contributed by atoms with van der Waals surface area (Å²) in [4.78, 5) is 17.6. The molecule has 34 heavy (non-hydrogen) atoms. The number of fused-ring (bicyclic) bond motifs is 1. The number of aromatic nitrogens is 1. The van der Waals surface area contributed by atoms with Crippen molar-refractivity contribution in [2.24, 2.45) is 11.8 Å². The average molecular weight is 460 g/mol. The fourth-order valence-electron chi connectivity index (χ4n) is 5.25. The number of benzene rings is 2. The number of methoxy groups -OCH3 is 1. The summed E-state index contributed by atoms with van der Waals surface area (Å²) in [5, 5.41) is 1.13. The maximum Gasteiger partial charge on any atom is 0.313 e. The van der Waals surface area contributed by atoms with Gasteiger partial charge in [-0.1, -0.05) is 75.9 Å². The Hall–Kier alpha value is -2.88. The van der Waals surface area contributed by atoms with Crippen LogP contribution >= 0.6 is 0 Å². The summed E-state index contributed by atoms with van der Waals surface area (Å²) in [5.41, 5.74) is 4.09. The summed E-state index contributed by atoms with van der Waals surface area (Å²) in [6.07, 6.45) is 7.98. The SMILES string of the molecule is COC(=O)C(c1ccc(OCc2ccc3ccccc3n2)c(CC(C)C)c1)C1CCCCCC1. The Morgan fingerprint density at radius 3 is 2.50 bits per heavy atom. The van der Waals surface area contributed by atoms with Crippen LogP contribution in [0.5, 0.6) is 5.75 Å². The number of pyridine rings is 1. The smallest absolute Gasteiger partial charge is 0.313 e. The van der Waals surface area contributed by atoms with Crippen LogP contribution < -0.4 is 4.74 Å². The van der Waals surface area contributed by atoms with Gasteiger partial charge in [-0.2, -0.15) is 0 Å². The molecule has 0 amide bonds. The van der Waals surface area contributed by atoms with Gasteiger partial charge in [-0.15, -0.1) is 0 Å². The fraction of sp³-hybridized carbons (Fsp3) is 0.467. The Morgan fingerprint density at radius 1 is 1.00 bits per heavy atom. The molecule has 4 heteroatoms. The van der Waals surface area contributed by atoms with Gasteiger partial charge in [-0.3, -0.25) is 4.79 Å². The van der Waals surface area contributed by atoms with Crippen LogP contribution in [0.2, 0.25) is 0 Å². The topological polar surface area (TPSA) is 48.4 Å². The number of carbonyl (C=O) groups is 1. The van der Waals surface area contributed by atoms with E-state index in [4.69, 9.17) is 14.5 Å². The van der Waals surface area contributed by atoms with Crippen molar-refractivity contribution in [2.45, 2.75) is 71.3 Å². The lowest BCUT2D eigenvalue weighted by molar-refractivity contribution is -0.144. The second-order valence-corrected chi connectivity index (χ2v) is 10.0. The van der Waals surface area contributed by atoms with Crippen LogP contribution in [-0.2, 0) is 22.6 Å². The van der Waals surface area contributed by atoms with Crippen LogP contribution in [0.4, 0.5) is 0 Å². The molecule has 1 saturated carbocycles. The number of esters is 1. The standard InChI is InChI=1S/C30H37NO3/c1-21(2)18-25-19-24(29(30(32)33-3)23-11-6-4-5-7-12-23)15-17-28(25)34-20-26-16-14-22-10-8-9-13-27(22)31-26/h8-10,13-17,19,21,23,29H,4-7,11-12,18,20H2,1-3H3. The molecule has 180 valence electrons. The highest BCUT2D eigenvalue weighted by molar-refractivity contribution is 5.79. The van der Waals surface area contributed by atoms with Crippen molar-refractivity contribution in [3.05, 3.63) is 71.4 Å². The highest BCUT2D eigenvalue weighted by Crippen LogP contribution is 2.38. The third-order valence-corrected chi connectivity index (χ3v) is 6.93. The first-order valence-corrected chi connectivity index (χ1v) is 12.7. The Kier molecular flexibility index (Phi) is 8.21. The maximum absolute atomic E-state index is 12.9. The molecule has 4 rings (SSSR count).